The third kappa shape index (κ3) is 2.66. The highest BCUT2D eigenvalue weighted by molar-refractivity contribution is 5.89. The summed E-state index contributed by atoms with van der Waals surface area (Å²) in [6.07, 6.45) is 3.54. The molecular formula is C14H13NO3. The lowest BCUT2D eigenvalue weighted by atomic mass is 10.0. The molecule has 0 saturated heterocycles. The normalized spacial score (nSPS) is 10.1. The fourth-order valence-corrected chi connectivity index (χ4v) is 1.73. The average molecular weight is 243 g/mol. The molecule has 0 aliphatic heterocycles. The van der Waals surface area contributed by atoms with E-state index in [1.165, 1.54) is 6.20 Å². The van der Waals surface area contributed by atoms with Gasteiger partial charge in [0.05, 0.1) is 12.7 Å². The highest BCUT2D eigenvalue weighted by atomic mass is 16.5. The Morgan fingerprint density at radius 1 is 1.28 bits per heavy atom. The van der Waals surface area contributed by atoms with Crippen LogP contribution in [0.15, 0.2) is 42.7 Å². The van der Waals surface area contributed by atoms with Crippen LogP contribution >= 0.6 is 0 Å². The molecule has 0 unspecified atom stereocenters. The highest BCUT2D eigenvalue weighted by Gasteiger charge is 2.10. The monoisotopic (exact) mass is 243 g/mol. The van der Waals surface area contributed by atoms with E-state index < -0.39 is 5.97 Å². The van der Waals surface area contributed by atoms with Gasteiger partial charge in [0.1, 0.15) is 5.75 Å². The number of ether oxygens (including phenoxy) is 1. The van der Waals surface area contributed by atoms with Gasteiger partial charge in [-0.3, -0.25) is 4.98 Å². The van der Waals surface area contributed by atoms with Crippen molar-refractivity contribution in [2.24, 2.45) is 0 Å². The van der Waals surface area contributed by atoms with Crippen LogP contribution in [0.3, 0.4) is 0 Å². The lowest BCUT2D eigenvalue weighted by molar-refractivity contribution is 0.0695. The standard InChI is InChI=1S/C14H13NO3/c1-18-12-4-2-10(3-5-12)8-11-6-7-15-9-13(11)14(16)17/h2-7,9H,8H2,1H3,(H,16,17). The second-order valence-corrected chi connectivity index (χ2v) is 3.86. The molecule has 1 aromatic heterocycles. The zero-order valence-electron chi connectivity index (χ0n) is 9.96. The Morgan fingerprint density at radius 3 is 2.61 bits per heavy atom. The second-order valence-electron chi connectivity index (χ2n) is 3.86. The van der Waals surface area contributed by atoms with Crippen molar-refractivity contribution < 1.29 is 14.6 Å². The summed E-state index contributed by atoms with van der Waals surface area (Å²) >= 11 is 0. The van der Waals surface area contributed by atoms with Gasteiger partial charge < -0.3 is 9.84 Å². The fourth-order valence-electron chi connectivity index (χ4n) is 1.73. The van der Waals surface area contributed by atoms with E-state index in [1.807, 2.05) is 24.3 Å². The molecule has 0 radical (unpaired) electrons. The predicted octanol–water partition coefficient (Wildman–Crippen LogP) is 2.38. The Hall–Kier alpha value is -2.36. The van der Waals surface area contributed by atoms with Crippen molar-refractivity contribution in [1.29, 1.82) is 0 Å². The number of benzene rings is 1. The van der Waals surface area contributed by atoms with E-state index in [0.29, 0.717) is 6.42 Å². The Morgan fingerprint density at radius 2 is 2.00 bits per heavy atom. The maximum absolute atomic E-state index is 11.1. The molecule has 4 heteroatoms. The number of methoxy groups -OCH3 is 1. The van der Waals surface area contributed by atoms with Gasteiger partial charge >= 0.3 is 5.97 Å². The van der Waals surface area contributed by atoms with E-state index in [4.69, 9.17) is 9.84 Å². The van der Waals surface area contributed by atoms with Crippen LogP contribution in [0.5, 0.6) is 5.75 Å². The quantitative estimate of drug-likeness (QED) is 0.895. The van der Waals surface area contributed by atoms with E-state index in [0.717, 1.165) is 16.9 Å². The van der Waals surface area contributed by atoms with Gasteiger partial charge in [-0.1, -0.05) is 12.1 Å². The minimum Gasteiger partial charge on any atom is -0.497 e. The summed E-state index contributed by atoms with van der Waals surface area (Å²) in [5, 5.41) is 9.07. The molecule has 0 fully saturated rings. The molecule has 2 rings (SSSR count). The fraction of sp³-hybridized carbons (Fsp3) is 0.143. The predicted molar refractivity (Wildman–Crippen MR) is 67.0 cm³/mol. The van der Waals surface area contributed by atoms with Gasteiger partial charge in [0.15, 0.2) is 0 Å². The first-order valence-electron chi connectivity index (χ1n) is 5.50. The molecule has 4 nitrogen and oxygen atoms in total. The average Bonchev–Trinajstić information content (AvgIpc) is 2.40. The molecule has 0 aliphatic carbocycles. The molecule has 0 aliphatic rings. The minimum atomic E-state index is -0.952. The molecule has 1 heterocycles. The van der Waals surface area contributed by atoms with Crippen LogP contribution in [0.25, 0.3) is 0 Å². The number of aromatic nitrogens is 1. The molecule has 92 valence electrons. The van der Waals surface area contributed by atoms with Gasteiger partial charge in [-0.25, -0.2) is 4.79 Å². The number of carboxylic acids is 1. The van der Waals surface area contributed by atoms with Crippen molar-refractivity contribution in [3.63, 3.8) is 0 Å². The molecule has 0 saturated carbocycles. The molecule has 18 heavy (non-hydrogen) atoms. The van der Waals surface area contributed by atoms with Crippen molar-refractivity contribution in [3.05, 3.63) is 59.4 Å². The maximum Gasteiger partial charge on any atom is 0.337 e. The number of aromatic carboxylic acids is 1. The summed E-state index contributed by atoms with van der Waals surface area (Å²) in [6, 6.07) is 9.29. The molecule has 2 aromatic rings. The van der Waals surface area contributed by atoms with E-state index >= 15 is 0 Å². The van der Waals surface area contributed by atoms with E-state index in [9.17, 15) is 4.79 Å². The smallest absolute Gasteiger partial charge is 0.337 e. The SMILES string of the molecule is COc1ccc(Cc2ccncc2C(=O)O)cc1. The van der Waals surface area contributed by atoms with Gasteiger partial charge in [-0.15, -0.1) is 0 Å². The van der Waals surface area contributed by atoms with Crippen molar-refractivity contribution in [2.75, 3.05) is 7.11 Å². The summed E-state index contributed by atoms with van der Waals surface area (Å²) in [5.74, 6) is -0.168. The van der Waals surface area contributed by atoms with Gasteiger partial charge in [-0.05, 0) is 35.7 Å². The summed E-state index contributed by atoms with van der Waals surface area (Å²) < 4.78 is 5.08. The first-order valence-corrected chi connectivity index (χ1v) is 5.50. The highest BCUT2D eigenvalue weighted by Crippen LogP contribution is 2.16. The number of hydrogen-bond donors (Lipinski definition) is 1. The first kappa shape index (κ1) is 12.1. The molecule has 0 atom stereocenters. The van der Waals surface area contributed by atoms with Crippen LogP contribution in [0.2, 0.25) is 0 Å². The van der Waals surface area contributed by atoms with Crippen LogP contribution in [0.4, 0.5) is 0 Å². The summed E-state index contributed by atoms with van der Waals surface area (Å²) in [6.45, 7) is 0. The van der Waals surface area contributed by atoms with Crippen molar-refractivity contribution in [1.82, 2.24) is 4.98 Å². The number of carbonyl (C=O) groups is 1. The lowest BCUT2D eigenvalue weighted by Gasteiger charge is -2.06. The zero-order chi connectivity index (χ0) is 13.0. The summed E-state index contributed by atoms with van der Waals surface area (Å²) in [4.78, 5) is 14.9. The van der Waals surface area contributed by atoms with Crippen molar-refractivity contribution in [2.45, 2.75) is 6.42 Å². The maximum atomic E-state index is 11.1. The van der Waals surface area contributed by atoms with Crippen LogP contribution in [-0.2, 0) is 6.42 Å². The van der Waals surface area contributed by atoms with Crippen LogP contribution in [0.1, 0.15) is 21.5 Å². The first-order chi connectivity index (χ1) is 8.70. The summed E-state index contributed by atoms with van der Waals surface area (Å²) in [7, 11) is 1.61. The number of pyridine rings is 1. The Bertz CT molecular complexity index is 549. The topological polar surface area (TPSA) is 59.4 Å². The molecule has 0 spiro atoms. The second kappa shape index (κ2) is 5.31. The van der Waals surface area contributed by atoms with Gasteiger partial charge in [0.2, 0.25) is 0 Å². The molecule has 0 bridgehead atoms. The van der Waals surface area contributed by atoms with Crippen molar-refractivity contribution >= 4 is 5.97 Å². The van der Waals surface area contributed by atoms with E-state index in [2.05, 4.69) is 4.98 Å². The van der Waals surface area contributed by atoms with Crippen molar-refractivity contribution in [3.8, 4) is 5.75 Å². The molecule has 1 N–H and O–H groups in total. The number of hydrogen-bond acceptors (Lipinski definition) is 3. The van der Waals surface area contributed by atoms with Crippen LogP contribution in [0, 0.1) is 0 Å². The third-order valence-corrected chi connectivity index (χ3v) is 2.70. The largest absolute Gasteiger partial charge is 0.497 e. The zero-order valence-corrected chi connectivity index (χ0v) is 9.96. The van der Waals surface area contributed by atoms with Gasteiger partial charge in [-0.2, -0.15) is 0 Å². The number of carboxylic acid groups (broad SMARTS) is 1. The lowest BCUT2D eigenvalue weighted by Crippen LogP contribution is -2.03. The van der Waals surface area contributed by atoms with Crippen LogP contribution in [-0.4, -0.2) is 23.2 Å². The van der Waals surface area contributed by atoms with E-state index in [-0.39, 0.29) is 5.56 Å². The van der Waals surface area contributed by atoms with Crippen LogP contribution < -0.4 is 4.74 Å². The minimum absolute atomic E-state index is 0.244. The molecule has 1 aromatic carbocycles. The van der Waals surface area contributed by atoms with Gasteiger partial charge in [0, 0.05) is 12.4 Å². The Kier molecular flexibility index (Phi) is 3.57. The number of nitrogens with zero attached hydrogens (tertiary/aromatic N) is 1. The summed E-state index contributed by atoms with van der Waals surface area (Å²) in [5.41, 5.74) is 2.03. The van der Waals surface area contributed by atoms with Gasteiger partial charge in [0.25, 0.3) is 0 Å². The Balaban J connectivity index is 2.25. The third-order valence-electron chi connectivity index (χ3n) is 2.70. The number of rotatable bonds is 4. The molecule has 0 amide bonds. The molecular weight excluding hydrogens is 230 g/mol. The van der Waals surface area contributed by atoms with E-state index in [1.54, 1.807) is 19.4 Å². The Labute approximate surface area is 105 Å².